The third-order valence-electron chi connectivity index (χ3n) is 4.86. The molecule has 0 fully saturated rings. The number of esters is 1. The maximum Gasteiger partial charge on any atom is 0.327 e. The molecule has 4 rings (SSSR count). The van der Waals surface area contributed by atoms with Gasteiger partial charge >= 0.3 is 5.97 Å². The molecule has 1 aromatic carbocycles. The number of pyridine rings is 1. The van der Waals surface area contributed by atoms with E-state index in [4.69, 9.17) is 4.74 Å². The molecule has 0 aliphatic rings. The lowest BCUT2D eigenvalue weighted by Crippen LogP contribution is -2.11. The number of carbonyl (C=O) groups is 1. The number of imidazole rings is 1. The molecule has 31 heavy (non-hydrogen) atoms. The summed E-state index contributed by atoms with van der Waals surface area (Å²) < 4.78 is 41.7. The minimum atomic E-state index is -0.665. The zero-order valence-electron chi connectivity index (χ0n) is 17.2. The fraction of sp³-hybridized carbons (Fsp3) is 0.227. The van der Waals surface area contributed by atoms with Gasteiger partial charge in [-0.05, 0) is 37.6 Å². The Morgan fingerprint density at radius 3 is 2.61 bits per heavy atom. The SMILES string of the molecule is COC(=O)Cn1cc(-c2c(C)nc3c(OCc4c(F)cccc4F)cc(C)cn23)cn1. The van der Waals surface area contributed by atoms with Crippen LogP contribution in [0.2, 0.25) is 0 Å². The first-order valence-electron chi connectivity index (χ1n) is 9.52. The van der Waals surface area contributed by atoms with Gasteiger partial charge in [-0.15, -0.1) is 0 Å². The number of fused-ring (bicyclic) bond motifs is 1. The number of carbonyl (C=O) groups excluding carboxylic acids is 1. The third-order valence-corrected chi connectivity index (χ3v) is 4.86. The van der Waals surface area contributed by atoms with Crippen LogP contribution < -0.4 is 4.74 Å². The van der Waals surface area contributed by atoms with E-state index in [1.54, 1.807) is 18.5 Å². The number of benzene rings is 1. The van der Waals surface area contributed by atoms with Crippen LogP contribution >= 0.6 is 0 Å². The van der Waals surface area contributed by atoms with Crippen molar-refractivity contribution in [3.05, 3.63) is 71.3 Å². The number of methoxy groups -OCH3 is 1. The van der Waals surface area contributed by atoms with Crippen molar-refractivity contribution in [1.82, 2.24) is 19.2 Å². The lowest BCUT2D eigenvalue weighted by molar-refractivity contribution is -0.141. The second-order valence-corrected chi connectivity index (χ2v) is 7.11. The molecule has 9 heteroatoms. The van der Waals surface area contributed by atoms with Crippen LogP contribution in [0.25, 0.3) is 16.9 Å². The van der Waals surface area contributed by atoms with E-state index in [1.807, 2.05) is 24.4 Å². The zero-order chi connectivity index (χ0) is 22.1. The number of ether oxygens (including phenoxy) is 2. The number of rotatable bonds is 6. The highest BCUT2D eigenvalue weighted by Crippen LogP contribution is 2.30. The van der Waals surface area contributed by atoms with E-state index >= 15 is 0 Å². The van der Waals surface area contributed by atoms with Crippen molar-refractivity contribution in [2.45, 2.75) is 27.0 Å². The van der Waals surface area contributed by atoms with Gasteiger partial charge in [-0.2, -0.15) is 5.10 Å². The number of aryl methyl sites for hydroxylation is 2. The quantitative estimate of drug-likeness (QED) is 0.438. The first-order valence-corrected chi connectivity index (χ1v) is 9.52. The smallest absolute Gasteiger partial charge is 0.327 e. The highest BCUT2D eigenvalue weighted by atomic mass is 19.1. The van der Waals surface area contributed by atoms with Crippen LogP contribution in [-0.4, -0.2) is 32.2 Å². The van der Waals surface area contributed by atoms with Crippen molar-refractivity contribution < 1.29 is 23.0 Å². The second kappa shape index (κ2) is 8.17. The molecule has 0 amide bonds. The molecule has 0 N–H and O–H groups in total. The number of nitrogens with zero attached hydrogens (tertiary/aromatic N) is 4. The molecular weight excluding hydrogens is 406 g/mol. The van der Waals surface area contributed by atoms with Gasteiger partial charge in [0.2, 0.25) is 0 Å². The molecule has 4 aromatic rings. The Morgan fingerprint density at radius 2 is 1.90 bits per heavy atom. The fourth-order valence-corrected chi connectivity index (χ4v) is 3.40. The Kier molecular flexibility index (Phi) is 5.41. The summed E-state index contributed by atoms with van der Waals surface area (Å²) in [6, 6.07) is 5.46. The van der Waals surface area contributed by atoms with E-state index < -0.39 is 17.6 Å². The van der Waals surface area contributed by atoms with Crippen LogP contribution in [0.1, 0.15) is 16.8 Å². The van der Waals surface area contributed by atoms with Gasteiger partial charge in [0.05, 0.1) is 30.3 Å². The average molecular weight is 426 g/mol. The molecule has 0 saturated carbocycles. The molecule has 0 aliphatic carbocycles. The van der Waals surface area contributed by atoms with Gasteiger partial charge in [-0.25, -0.2) is 13.8 Å². The summed E-state index contributed by atoms with van der Waals surface area (Å²) in [5.74, 6) is -1.33. The highest BCUT2D eigenvalue weighted by Gasteiger charge is 2.18. The first kappa shape index (κ1) is 20.5. The van der Waals surface area contributed by atoms with Crippen LogP contribution in [0.5, 0.6) is 5.75 Å². The van der Waals surface area contributed by atoms with Crippen molar-refractivity contribution in [3.63, 3.8) is 0 Å². The highest BCUT2D eigenvalue weighted by molar-refractivity contribution is 5.71. The summed E-state index contributed by atoms with van der Waals surface area (Å²) in [7, 11) is 1.32. The van der Waals surface area contributed by atoms with Gasteiger partial charge < -0.3 is 9.47 Å². The molecule has 0 radical (unpaired) electrons. The van der Waals surface area contributed by atoms with Gasteiger partial charge in [0.15, 0.2) is 11.4 Å². The van der Waals surface area contributed by atoms with E-state index in [-0.39, 0.29) is 18.7 Å². The predicted molar refractivity (Wildman–Crippen MR) is 109 cm³/mol. The largest absolute Gasteiger partial charge is 0.485 e. The molecule has 0 aliphatic heterocycles. The Morgan fingerprint density at radius 1 is 1.16 bits per heavy atom. The van der Waals surface area contributed by atoms with Crippen molar-refractivity contribution in [2.75, 3.05) is 7.11 Å². The Hall–Kier alpha value is -3.75. The van der Waals surface area contributed by atoms with Gasteiger partial charge in [0.25, 0.3) is 0 Å². The molecular formula is C22H20F2N4O3. The minimum absolute atomic E-state index is 0.00607. The molecule has 3 heterocycles. The standard InChI is InChI=1S/C22H20F2N4O3/c1-13-7-19(31-12-16-17(23)5-4-6-18(16)24)22-26-14(2)21(28(22)9-13)15-8-25-27(10-15)11-20(29)30-3/h4-10H,11-12H2,1-3H3. The topological polar surface area (TPSA) is 70.7 Å². The summed E-state index contributed by atoms with van der Waals surface area (Å²) in [5.41, 5.74) is 3.48. The van der Waals surface area contributed by atoms with E-state index in [0.717, 1.165) is 16.8 Å². The molecule has 3 aromatic heterocycles. The lowest BCUT2D eigenvalue weighted by Gasteiger charge is -2.11. The summed E-state index contributed by atoms with van der Waals surface area (Å²) in [6.45, 7) is 3.45. The molecule has 7 nitrogen and oxygen atoms in total. The summed E-state index contributed by atoms with van der Waals surface area (Å²) in [6.07, 6.45) is 5.25. The van der Waals surface area contributed by atoms with Crippen molar-refractivity contribution in [1.29, 1.82) is 0 Å². The Balaban J connectivity index is 1.71. The summed E-state index contributed by atoms with van der Waals surface area (Å²) in [5, 5.41) is 4.21. The fourth-order valence-electron chi connectivity index (χ4n) is 3.40. The van der Waals surface area contributed by atoms with Crippen LogP contribution in [0.3, 0.4) is 0 Å². The first-order chi connectivity index (χ1) is 14.9. The second-order valence-electron chi connectivity index (χ2n) is 7.11. The van der Waals surface area contributed by atoms with Crippen LogP contribution in [-0.2, 0) is 22.7 Å². The maximum absolute atomic E-state index is 14.0. The zero-order valence-corrected chi connectivity index (χ0v) is 17.2. The van der Waals surface area contributed by atoms with Gasteiger partial charge in [0, 0.05) is 18.0 Å². The minimum Gasteiger partial charge on any atom is -0.485 e. The maximum atomic E-state index is 14.0. The van der Waals surface area contributed by atoms with Crippen molar-refractivity contribution in [3.8, 4) is 17.0 Å². The predicted octanol–water partition coefficient (Wildman–Crippen LogP) is 3.84. The molecule has 0 saturated heterocycles. The lowest BCUT2D eigenvalue weighted by atomic mass is 10.2. The molecule has 160 valence electrons. The van der Waals surface area contributed by atoms with Crippen molar-refractivity contribution in [2.24, 2.45) is 0 Å². The monoisotopic (exact) mass is 426 g/mol. The number of halogens is 2. The van der Waals surface area contributed by atoms with E-state index in [1.165, 1.54) is 30.0 Å². The number of hydrogen-bond acceptors (Lipinski definition) is 5. The van der Waals surface area contributed by atoms with Crippen LogP contribution in [0.4, 0.5) is 8.78 Å². The van der Waals surface area contributed by atoms with E-state index in [2.05, 4.69) is 14.8 Å². The van der Waals surface area contributed by atoms with Gasteiger partial charge in [0.1, 0.15) is 24.8 Å². The Bertz CT molecular complexity index is 1260. The van der Waals surface area contributed by atoms with Gasteiger partial charge in [-0.3, -0.25) is 13.9 Å². The average Bonchev–Trinajstić information content (AvgIpc) is 3.30. The number of aromatic nitrogens is 4. The normalized spacial score (nSPS) is 11.1. The molecule has 0 unspecified atom stereocenters. The summed E-state index contributed by atoms with van der Waals surface area (Å²) >= 11 is 0. The molecule has 0 spiro atoms. The third kappa shape index (κ3) is 3.98. The van der Waals surface area contributed by atoms with Crippen molar-refractivity contribution >= 4 is 11.6 Å². The molecule has 0 bridgehead atoms. The Labute approximate surface area is 176 Å². The van der Waals surface area contributed by atoms with E-state index in [9.17, 15) is 13.6 Å². The van der Waals surface area contributed by atoms with Gasteiger partial charge in [-0.1, -0.05) is 6.07 Å². The summed E-state index contributed by atoms with van der Waals surface area (Å²) in [4.78, 5) is 16.1. The van der Waals surface area contributed by atoms with Crippen LogP contribution in [0, 0.1) is 25.5 Å². The van der Waals surface area contributed by atoms with Crippen LogP contribution in [0.15, 0.2) is 42.9 Å². The van der Waals surface area contributed by atoms with E-state index in [0.29, 0.717) is 17.1 Å². The molecule has 0 atom stereocenters. The number of hydrogen-bond donors (Lipinski definition) is 0.